The van der Waals surface area contributed by atoms with Crippen molar-refractivity contribution >= 4 is 39.3 Å². The van der Waals surface area contributed by atoms with E-state index >= 15 is 0 Å². The lowest BCUT2D eigenvalue weighted by Crippen LogP contribution is -2.50. The van der Waals surface area contributed by atoms with Gasteiger partial charge in [-0.1, -0.05) is 11.6 Å². The molecular formula is C19H21ClN2O4S2. The Labute approximate surface area is 174 Å². The number of carbonyl (C=O) groups excluding carboxylic acids is 1. The molecule has 2 aromatic carbocycles. The van der Waals surface area contributed by atoms with Crippen LogP contribution in [-0.4, -0.2) is 62.6 Å². The van der Waals surface area contributed by atoms with Gasteiger partial charge in [-0.05, 0) is 48.5 Å². The van der Waals surface area contributed by atoms with E-state index in [1.807, 2.05) is 24.3 Å². The number of piperazine rings is 1. The second kappa shape index (κ2) is 9.17. The summed E-state index contributed by atoms with van der Waals surface area (Å²) in [5, 5.41) is 0.490. The number of ether oxygens (including phenoxy) is 1. The SMILES string of the molecule is COc1ccc(SCC(=O)N2CCN(S(=O)(=O)c3ccc(Cl)cc3)CC2)cc1. The highest BCUT2D eigenvalue weighted by molar-refractivity contribution is 8.00. The molecule has 6 nitrogen and oxygen atoms in total. The van der Waals surface area contributed by atoms with Crippen LogP contribution in [0, 0.1) is 0 Å². The monoisotopic (exact) mass is 440 g/mol. The van der Waals surface area contributed by atoms with Crippen molar-refractivity contribution in [1.29, 1.82) is 0 Å². The Kier molecular flexibility index (Phi) is 6.87. The number of sulfonamides is 1. The molecule has 1 heterocycles. The summed E-state index contributed by atoms with van der Waals surface area (Å²) >= 11 is 7.28. The van der Waals surface area contributed by atoms with Gasteiger partial charge in [0.2, 0.25) is 15.9 Å². The molecule has 0 unspecified atom stereocenters. The number of hydrogen-bond donors (Lipinski definition) is 0. The molecule has 2 aromatic rings. The maximum absolute atomic E-state index is 12.7. The third-order valence-electron chi connectivity index (χ3n) is 4.46. The lowest BCUT2D eigenvalue weighted by Gasteiger charge is -2.34. The molecule has 0 atom stereocenters. The molecule has 0 bridgehead atoms. The van der Waals surface area contributed by atoms with Gasteiger partial charge in [0.25, 0.3) is 0 Å². The van der Waals surface area contributed by atoms with Crippen LogP contribution in [0.1, 0.15) is 0 Å². The molecule has 3 rings (SSSR count). The first-order valence-corrected chi connectivity index (χ1v) is 11.5. The molecule has 0 saturated carbocycles. The summed E-state index contributed by atoms with van der Waals surface area (Å²) in [5.74, 6) is 1.09. The van der Waals surface area contributed by atoms with Crippen LogP contribution in [0.3, 0.4) is 0 Å². The van der Waals surface area contributed by atoms with Crippen molar-refractivity contribution in [3.63, 3.8) is 0 Å². The molecule has 1 amide bonds. The molecule has 0 radical (unpaired) electrons. The highest BCUT2D eigenvalue weighted by Crippen LogP contribution is 2.23. The van der Waals surface area contributed by atoms with Gasteiger partial charge in [0.1, 0.15) is 5.75 Å². The largest absolute Gasteiger partial charge is 0.497 e. The summed E-state index contributed by atoms with van der Waals surface area (Å²) in [6.45, 7) is 1.33. The zero-order valence-corrected chi connectivity index (χ0v) is 17.8. The highest BCUT2D eigenvalue weighted by Gasteiger charge is 2.30. The van der Waals surface area contributed by atoms with E-state index in [-0.39, 0.29) is 23.9 Å². The van der Waals surface area contributed by atoms with Crippen LogP contribution >= 0.6 is 23.4 Å². The van der Waals surface area contributed by atoms with Gasteiger partial charge in [0.05, 0.1) is 17.8 Å². The third kappa shape index (κ3) is 5.00. The summed E-state index contributed by atoms with van der Waals surface area (Å²) in [4.78, 5) is 15.4. The van der Waals surface area contributed by atoms with E-state index in [9.17, 15) is 13.2 Å². The van der Waals surface area contributed by atoms with E-state index in [1.54, 1.807) is 24.1 Å². The Hall–Kier alpha value is -1.74. The highest BCUT2D eigenvalue weighted by atomic mass is 35.5. The van der Waals surface area contributed by atoms with E-state index < -0.39 is 10.0 Å². The fraction of sp³-hybridized carbons (Fsp3) is 0.316. The lowest BCUT2D eigenvalue weighted by molar-refractivity contribution is -0.129. The van der Waals surface area contributed by atoms with Crippen LogP contribution in [-0.2, 0) is 14.8 Å². The van der Waals surface area contributed by atoms with Crippen LogP contribution in [0.2, 0.25) is 5.02 Å². The van der Waals surface area contributed by atoms with E-state index in [0.717, 1.165) is 10.6 Å². The zero-order valence-electron chi connectivity index (χ0n) is 15.4. The van der Waals surface area contributed by atoms with Crippen molar-refractivity contribution in [1.82, 2.24) is 9.21 Å². The first kappa shape index (κ1) is 21.0. The van der Waals surface area contributed by atoms with Crippen molar-refractivity contribution in [2.45, 2.75) is 9.79 Å². The molecule has 1 fully saturated rings. The summed E-state index contributed by atoms with van der Waals surface area (Å²) in [6, 6.07) is 13.7. The number of thioether (sulfide) groups is 1. The molecule has 28 heavy (non-hydrogen) atoms. The third-order valence-corrected chi connectivity index (χ3v) is 7.63. The van der Waals surface area contributed by atoms with Gasteiger partial charge in [0, 0.05) is 36.1 Å². The van der Waals surface area contributed by atoms with E-state index in [0.29, 0.717) is 23.9 Å². The number of hydrogen-bond acceptors (Lipinski definition) is 5. The standard InChI is InChI=1S/C19H21ClN2O4S2/c1-26-16-4-6-17(7-5-16)27-14-19(23)21-10-12-22(13-11-21)28(24,25)18-8-2-15(20)3-9-18/h2-9H,10-14H2,1H3. The average molecular weight is 441 g/mol. The summed E-state index contributed by atoms with van der Waals surface area (Å²) in [5.41, 5.74) is 0. The Morgan fingerprint density at radius 1 is 1.04 bits per heavy atom. The number of halogens is 1. The van der Waals surface area contributed by atoms with Crippen LogP contribution in [0.4, 0.5) is 0 Å². The number of amides is 1. The second-order valence-electron chi connectivity index (χ2n) is 6.20. The van der Waals surface area contributed by atoms with Gasteiger partial charge in [-0.25, -0.2) is 8.42 Å². The molecule has 1 saturated heterocycles. The van der Waals surface area contributed by atoms with Gasteiger partial charge < -0.3 is 9.64 Å². The van der Waals surface area contributed by atoms with Gasteiger partial charge in [-0.3, -0.25) is 4.79 Å². The van der Waals surface area contributed by atoms with Gasteiger partial charge in [-0.2, -0.15) is 4.31 Å². The second-order valence-corrected chi connectivity index (χ2v) is 9.63. The number of methoxy groups -OCH3 is 1. The van der Waals surface area contributed by atoms with Crippen molar-refractivity contribution in [3.8, 4) is 5.75 Å². The van der Waals surface area contributed by atoms with Crippen molar-refractivity contribution < 1.29 is 17.9 Å². The van der Waals surface area contributed by atoms with Crippen LogP contribution in [0.15, 0.2) is 58.3 Å². The molecule has 9 heteroatoms. The van der Waals surface area contributed by atoms with E-state index in [1.165, 1.54) is 28.2 Å². The maximum Gasteiger partial charge on any atom is 0.243 e. The topological polar surface area (TPSA) is 66.9 Å². The van der Waals surface area contributed by atoms with Gasteiger partial charge in [0.15, 0.2) is 0 Å². The minimum absolute atomic E-state index is 0.00404. The molecule has 150 valence electrons. The minimum Gasteiger partial charge on any atom is -0.497 e. The molecule has 0 N–H and O–H groups in total. The Balaban J connectivity index is 1.52. The van der Waals surface area contributed by atoms with Crippen LogP contribution in [0.5, 0.6) is 5.75 Å². The molecule has 0 spiro atoms. The lowest BCUT2D eigenvalue weighted by atomic mass is 10.3. The predicted octanol–water partition coefficient (Wildman–Crippen LogP) is 2.97. The quantitative estimate of drug-likeness (QED) is 0.646. The Bertz CT molecular complexity index is 910. The maximum atomic E-state index is 12.7. The molecular weight excluding hydrogens is 420 g/mol. The Morgan fingerprint density at radius 3 is 2.21 bits per heavy atom. The summed E-state index contributed by atoms with van der Waals surface area (Å²) in [7, 11) is -1.96. The van der Waals surface area contributed by atoms with Gasteiger partial charge >= 0.3 is 0 Å². The van der Waals surface area contributed by atoms with Crippen LogP contribution in [0.25, 0.3) is 0 Å². The van der Waals surface area contributed by atoms with Crippen LogP contribution < -0.4 is 4.74 Å². The number of nitrogens with zero attached hydrogens (tertiary/aromatic N) is 2. The fourth-order valence-electron chi connectivity index (χ4n) is 2.84. The number of carbonyl (C=O) groups is 1. The molecule has 1 aliphatic rings. The summed E-state index contributed by atoms with van der Waals surface area (Å²) in [6.07, 6.45) is 0. The fourth-order valence-corrected chi connectivity index (χ4v) is 5.19. The van der Waals surface area contributed by atoms with Crippen molar-refractivity contribution in [2.75, 3.05) is 39.0 Å². The summed E-state index contributed by atoms with van der Waals surface area (Å²) < 4.78 is 31.9. The molecule has 1 aliphatic heterocycles. The number of benzene rings is 2. The minimum atomic E-state index is -3.57. The average Bonchev–Trinajstić information content (AvgIpc) is 2.73. The Morgan fingerprint density at radius 2 is 1.64 bits per heavy atom. The van der Waals surface area contributed by atoms with E-state index in [2.05, 4.69) is 0 Å². The molecule has 0 aromatic heterocycles. The van der Waals surface area contributed by atoms with Crippen molar-refractivity contribution in [2.24, 2.45) is 0 Å². The van der Waals surface area contributed by atoms with Crippen molar-refractivity contribution in [3.05, 3.63) is 53.6 Å². The smallest absolute Gasteiger partial charge is 0.243 e. The predicted molar refractivity (Wildman–Crippen MR) is 111 cm³/mol. The molecule has 0 aliphatic carbocycles. The zero-order chi connectivity index (χ0) is 20.1. The normalized spacial score (nSPS) is 15.4. The first-order chi connectivity index (χ1) is 13.4. The van der Waals surface area contributed by atoms with Gasteiger partial charge in [-0.15, -0.1) is 11.8 Å². The number of rotatable bonds is 6. The van der Waals surface area contributed by atoms with E-state index in [4.69, 9.17) is 16.3 Å². The first-order valence-electron chi connectivity index (χ1n) is 8.70.